The largest absolute Gasteiger partial charge is 0.479 e. The summed E-state index contributed by atoms with van der Waals surface area (Å²) in [5, 5.41) is 10.3. The van der Waals surface area contributed by atoms with E-state index in [-0.39, 0.29) is 11.5 Å². The van der Waals surface area contributed by atoms with Gasteiger partial charge in [0.15, 0.2) is 6.10 Å². The number of aromatic nitrogens is 2. The van der Waals surface area contributed by atoms with Crippen LogP contribution in [0.3, 0.4) is 0 Å². The van der Waals surface area contributed by atoms with Crippen molar-refractivity contribution in [2.45, 2.75) is 92.0 Å². The number of aryl methyl sites for hydroxylation is 1. The van der Waals surface area contributed by atoms with E-state index < -0.39 is 17.7 Å². The molecule has 36 heavy (non-hydrogen) atoms. The second kappa shape index (κ2) is 10.0. The van der Waals surface area contributed by atoms with E-state index in [9.17, 15) is 9.90 Å². The zero-order chi connectivity index (χ0) is 26.3. The predicted octanol–water partition coefficient (Wildman–Crippen LogP) is 6.20. The molecule has 0 unspecified atom stereocenters. The molecule has 0 bridgehead atoms. The van der Waals surface area contributed by atoms with Gasteiger partial charge in [-0.05, 0) is 77.7 Å². The van der Waals surface area contributed by atoms with Crippen molar-refractivity contribution in [3.63, 3.8) is 0 Å². The minimum absolute atomic E-state index is 0.161. The van der Waals surface area contributed by atoms with Crippen molar-refractivity contribution < 1.29 is 19.4 Å². The van der Waals surface area contributed by atoms with Crippen LogP contribution in [0.1, 0.15) is 84.6 Å². The fourth-order valence-corrected chi connectivity index (χ4v) is 4.86. The number of piperidine rings is 1. The van der Waals surface area contributed by atoms with Crippen molar-refractivity contribution in [2.75, 3.05) is 18.0 Å². The van der Waals surface area contributed by atoms with Gasteiger partial charge < -0.3 is 19.5 Å². The lowest BCUT2D eigenvalue weighted by atomic mass is 9.82. The zero-order valence-corrected chi connectivity index (χ0v) is 22.8. The molecule has 2 aliphatic rings. The van der Waals surface area contributed by atoms with Gasteiger partial charge in [0.2, 0.25) is 5.88 Å². The van der Waals surface area contributed by atoms with Gasteiger partial charge in [0, 0.05) is 53.9 Å². The van der Waals surface area contributed by atoms with Gasteiger partial charge in [-0.3, -0.25) is 4.98 Å². The van der Waals surface area contributed by atoms with Gasteiger partial charge in [0.05, 0.1) is 11.3 Å². The molecule has 196 valence electrons. The molecule has 1 aliphatic heterocycles. The van der Waals surface area contributed by atoms with E-state index >= 15 is 0 Å². The van der Waals surface area contributed by atoms with Crippen LogP contribution >= 0.6 is 0 Å². The molecule has 2 atom stereocenters. The van der Waals surface area contributed by atoms with Crippen molar-refractivity contribution in [3.05, 3.63) is 35.8 Å². The zero-order valence-electron chi connectivity index (χ0n) is 22.8. The number of rotatable bonds is 8. The Morgan fingerprint density at radius 2 is 1.81 bits per heavy atom. The van der Waals surface area contributed by atoms with Gasteiger partial charge in [-0.1, -0.05) is 13.8 Å². The second-order valence-electron chi connectivity index (χ2n) is 12.2. The number of aliphatic carboxylic acids is 1. The third kappa shape index (κ3) is 6.17. The van der Waals surface area contributed by atoms with E-state index in [2.05, 4.69) is 35.6 Å². The van der Waals surface area contributed by atoms with Gasteiger partial charge in [0.1, 0.15) is 6.10 Å². The maximum absolute atomic E-state index is 12.5. The van der Waals surface area contributed by atoms with E-state index in [0.717, 1.165) is 42.7 Å². The van der Waals surface area contributed by atoms with Crippen LogP contribution in [-0.4, -0.2) is 45.8 Å². The molecule has 1 N–H and O–H groups in total. The molecular formula is C29H41N3O4. The highest BCUT2D eigenvalue weighted by atomic mass is 16.5. The summed E-state index contributed by atoms with van der Waals surface area (Å²) in [6.07, 6.45) is 7.16. The van der Waals surface area contributed by atoms with E-state index in [1.807, 2.05) is 52.2 Å². The van der Waals surface area contributed by atoms with Gasteiger partial charge in [-0.2, -0.15) is 0 Å². The molecule has 2 aromatic heterocycles. The molecule has 7 heteroatoms. The van der Waals surface area contributed by atoms with Crippen molar-refractivity contribution in [3.8, 4) is 17.0 Å². The lowest BCUT2D eigenvalue weighted by molar-refractivity contribution is -0.160. The first-order valence-corrected chi connectivity index (χ1v) is 13.1. The van der Waals surface area contributed by atoms with Crippen LogP contribution in [0.15, 0.2) is 24.5 Å². The summed E-state index contributed by atoms with van der Waals surface area (Å²) in [5.41, 5.74) is 3.55. The van der Waals surface area contributed by atoms with Crippen LogP contribution < -0.4 is 9.64 Å². The molecule has 4 rings (SSSR count). The van der Waals surface area contributed by atoms with E-state index in [4.69, 9.17) is 9.47 Å². The summed E-state index contributed by atoms with van der Waals surface area (Å²) in [6.45, 7) is 15.9. The Bertz CT molecular complexity index is 1080. The first-order chi connectivity index (χ1) is 16.8. The molecule has 7 nitrogen and oxygen atoms in total. The van der Waals surface area contributed by atoms with Gasteiger partial charge >= 0.3 is 5.97 Å². The molecule has 0 aromatic carbocycles. The standard InChI is InChI=1S/C29H41N3O4/c1-18-24(26(27(33)34)36-28(3,4)5)25(32-14-12-29(6,7)13-15-32)22(17-30-18)21-10-11-23(31-16-21)35-19(2)20-8-9-20/h10-11,16-17,19-20,26H,8-9,12-15H2,1-7H3,(H,33,34)/t19-,26+/m1/s1. The molecule has 1 saturated heterocycles. The Morgan fingerprint density at radius 3 is 2.33 bits per heavy atom. The second-order valence-corrected chi connectivity index (χ2v) is 12.2. The Hall–Kier alpha value is -2.67. The summed E-state index contributed by atoms with van der Waals surface area (Å²) in [4.78, 5) is 24.1. The minimum atomic E-state index is -1.13. The van der Waals surface area contributed by atoms with Crippen molar-refractivity contribution in [2.24, 2.45) is 11.3 Å². The van der Waals surface area contributed by atoms with Crippen molar-refractivity contribution in [1.82, 2.24) is 9.97 Å². The molecule has 2 fully saturated rings. The van der Waals surface area contributed by atoms with Crippen LogP contribution in [0.25, 0.3) is 11.1 Å². The summed E-state index contributed by atoms with van der Waals surface area (Å²) in [7, 11) is 0. The normalized spacial score (nSPS) is 19.6. The first kappa shape index (κ1) is 26.4. The average molecular weight is 496 g/mol. The van der Waals surface area contributed by atoms with Crippen LogP contribution in [0.2, 0.25) is 0 Å². The molecule has 0 spiro atoms. The van der Waals surface area contributed by atoms with Crippen LogP contribution in [-0.2, 0) is 9.53 Å². The van der Waals surface area contributed by atoms with Crippen LogP contribution in [0, 0.1) is 18.3 Å². The van der Waals surface area contributed by atoms with Gasteiger partial charge in [-0.25, -0.2) is 9.78 Å². The molecule has 1 aliphatic carbocycles. The number of hydrogen-bond acceptors (Lipinski definition) is 6. The Labute approximate surface area is 215 Å². The molecule has 2 aromatic rings. The number of carbonyl (C=O) groups is 1. The third-order valence-corrected chi connectivity index (χ3v) is 7.32. The number of nitrogens with zero attached hydrogens (tertiary/aromatic N) is 3. The van der Waals surface area contributed by atoms with Crippen LogP contribution in [0.4, 0.5) is 5.69 Å². The Kier molecular flexibility index (Phi) is 7.33. The molecule has 0 radical (unpaired) electrons. The van der Waals surface area contributed by atoms with Gasteiger partial charge in [-0.15, -0.1) is 0 Å². The number of ether oxygens (including phenoxy) is 2. The number of pyridine rings is 2. The molecule has 3 heterocycles. The Morgan fingerprint density at radius 1 is 1.14 bits per heavy atom. The van der Waals surface area contributed by atoms with E-state index in [1.165, 1.54) is 12.8 Å². The lowest BCUT2D eigenvalue weighted by Crippen LogP contribution is -2.39. The molecule has 1 saturated carbocycles. The smallest absolute Gasteiger partial charge is 0.337 e. The summed E-state index contributed by atoms with van der Waals surface area (Å²) in [5.74, 6) is 0.224. The van der Waals surface area contributed by atoms with Crippen molar-refractivity contribution in [1.29, 1.82) is 0 Å². The average Bonchev–Trinajstić information content (AvgIpc) is 3.63. The quantitative estimate of drug-likeness (QED) is 0.467. The predicted molar refractivity (Wildman–Crippen MR) is 141 cm³/mol. The fourth-order valence-electron chi connectivity index (χ4n) is 4.86. The highest BCUT2D eigenvalue weighted by Crippen LogP contribution is 2.43. The first-order valence-electron chi connectivity index (χ1n) is 13.1. The number of carboxylic acid groups (broad SMARTS) is 1. The fraction of sp³-hybridized carbons (Fsp3) is 0.621. The highest BCUT2D eigenvalue weighted by molar-refractivity contribution is 5.86. The number of anilines is 1. The van der Waals surface area contributed by atoms with E-state index in [0.29, 0.717) is 23.1 Å². The maximum Gasteiger partial charge on any atom is 0.337 e. The SMILES string of the molecule is Cc1ncc(-c2ccc(O[C@H](C)C3CC3)nc2)c(N2CCC(C)(C)CC2)c1[C@H](OC(C)(C)C)C(=O)O. The summed E-state index contributed by atoms with van der Waals surface area (Å²) < 4.78 is 12.1. The topological polar surface area (TPSA) is 84.8 Å². The summed E-state index contributed by atoms with van der Waals surface area (Å²) in [6, 6.07) is 3.90. The minimum Gasteiger partial charge on any atom is -0.479 e. The highest BCUT2D eigenvalue weighted by Gasteiger charge is 2.36. The monoisotopic (exact) mass is 495 g/mol. The number of carboxylic acids is 1. The summed E-state index contributed by atoms with van der Waals surface area (Å²) >= 11 is 0. The van der Waals surface area contributed by atoms with E-state index in [1.54, 1.807) is 0 Å². The molecule has 0 amide bonds. The maximum atomic E-state index is 12.5. The van der Waals surface area contributed by atoms with Gasteiger partial charge in [0.25, 0.3) is 0 Å². The third-order valence-electron chi connectivity index (χ3n) is 7.32. The number of hydrogen-bond donors (Lipinski definition) is 1. The molecular weight excluding hydrogens is 454 g/mol. The van der Waals surface area contributed by atoms with Crippen LogP contribution in [0.5, 0.6) is 5.88 Å². The Balaban J connectivity index is 1.78. The van der Waals surface area contributed by atoms with Crippen molar-refractivity contribution >= 4 is 11.7 Å². The lowest BCUT2D eigenvalue weighted by Gasteiger charge is -2.40.